The first-order valence-corrected chi connectivity index (χ1v) is 2.79. The molecule has 0 saturated carbocycles. The van der Waals surface area contributed by atoms with Gasteiger partial charge in [-0.25, -0.2) is 0 Å². The minimum Gasteiger partial charge on any atom is -0.516 e. The molecule has 1 aromatic carbocycles. The average Bonchev–Trinajstić information content (AvgIpc) is 1.91. The van der Waals surface area contributed by atoms with Crippen LogP contribution in [0, 0.1) is 0 Å². The lowest BCUT2D eigenvalue weighted by atomic mass is 10.2. The third kappa shape index (κ3) is 1.61. The minimum absolute atomic E-state index is 1.01. The highest BCUT2D eigenvalue weighted by atomic mass is 16.2. The Bertz CT molecular complexity index is 189. The molecule has 0 atom stereocenters. The first-order chi connectivity index (χ1) is 4.43. The summed E-state index contributed by atoms with van der Waals surface area (Å²) >= 11 is 0. The molecule has 0 saturated heterocycles. The van der Waals surface area contributed by atoms with Crippen molar-refractivity contribution < 1.29 is 5.11 Å². The van der Waals surface area contributed by atoms with Crippen LogP contribution in [0.3, 0.4) is 0 Å². The molecule has 1 heteroatoms. The van der Waals surface area contributed by atoms with Gasteiger partial charge >= 0.3 is 0 Å². The molecule has 0 fully saturated rings. The summed E-state index contributed by atoms with van der Waals surface area (Å²) in [6, 6.07) is 9.64. The van der Waals surface area contributed by atoms with Crippen LogP contribution in [-0.4, -0.2) is 5.11 Å². The van der Waals surface area contributed by atoms with Gasteiger partial charge in [-0.2, -0.15) is 0 Å². The van der Waals surface area contributed by atoms with Gasteiger partial charge < -0.3 is 5.11 Å². The fourth-order valence-corrected chi connectivity index (χ4v) is 0.650. The second-order valence-corrected chi connectivity index (χ2v) is 1.73. The van der Waals surface area contributed by atoms with Crippen molar-refractivity contribution in [2.75, 3.05) is 0 Å². The zero-order chi connectivity index (χ0) is 6.53. The Balaban J connectivity index is 2.85. The SMILES string of the molecule is O/C=C\c1ccccc1. The lowest BCUT2D eigenvalue weighted by Crippen LogP contribution is -1.66. The lowest BCUT2D eigenvalue weighted by Gasteiger charge is -1.86. The van der Waals surface area contributed by atoms with Crippen LogP contribution in [0.1, 0.15) is 5.56 Å². The molecule has 0 amide bonds. The normalized spacial score (nSPS) is 10.2. The Morgan fingerprint density at radius 2 is 1.78 bits per heavy atom. The van der Waals surface area contributed by atoms with Crippen LogP contribution in [0.5, 0.6) is 0 Å². The van der Waals surface area contributed by atoms with Gasteiger partial charge in [0.25, 0.3) is 0 Å². The third-order valence-electron chi connectivity index (χ3n) is 1.07. The van der Waals surface area contributed by atoms with E-state index in [1.54, 1.807) is 6.08 Å². The standard InChI is InChI=1S/C8H8O/c9-7-6-8-4-2-1-3-5-8/h1-7,9H/b7-6-. The van der Waals surface area contributed by atoms with Gasteiger partial charge in [0.1, 0.15) is 0 Å². The van der Waals surface area contributed by atoms with Crippen molar-refractivity contribution in [2.24, 2.45) is 0 Å². The van der Waals surface area contributed by atoms with Crippen molar-refractivity contribution in [3.63, 3.8) is 0 Å². The fourth-order valence-electron chi connectivity index (χ4n) is 0.650. The van der Waals surface area contributed by atoms with E-state index in [1.807, 2.05) is 30.3 Å². The van der Waals surface area contributed by atoms with Gasteiger partial charge in [0.15, 0.2) is 0 Å². The Morgan fingerprint density at radius 3 is 2.33 bits per heavy atom. The second-order valence-electron chi connectivity index (χ2n) is 1.73. The fraction of sp³-hybridized carbons (Fsp3) is 0. The predicted octanol–water partition coefficient (Wildman–Crippen LogP) is 2.22. The maximum Gasteiger partial charge on any atom is 0.0797 e. The maximum absolute atomic E-state index is 8.34. The summed E-state index contributed by atoms with van der Waals surface area (Å²) in [7, 11) is 0. The summed E-state index contributed by atoms with van der Waals surface area (Å²) in [5.41, 5.74) is 1.01. The molecule has 0 spiro atoms. The highest BCUT2D eigenvalue weighted by molar-refractivity contribution is 5.47. The van der Waals surface area contributed by atoms with Crippen LogP contribution in [-0.2, 0) is 0 Å². The van der Waals surface area contributed by atoms with Crippen LogP contribution in [0.25, 0.3) is 6.08 Å². The molecule has 1 N–H and O–H groups in total. The van der Waals surface area contributed by atoms with Gasteiger partial charge in [-0.1, -0.05) is 30.3 Å². The van der Waals surface area contributed by atoms with E-state index >= 15 is 0 Å². The van der Waals surface area contributed by atoms with Crippen molar-refractivity contribution in [2.45, 2.75) is 0 Å². The number of benzene rings is 1. The predicted molar refractivity (Wildman–Crippen MR) is 38.1 cm³/mol. The Labute approximate surface area is 54.3 Å². The van der Waals surface area contributed by atoms with Gasteiger partial charge in [0.05, 0.1) is 6.26 Å². The van der Waals surface area contributed by atoms with Crippen molar-refractivity contribution in [1.82, 2.24) is 0 Å². The van der Waals surface area contributed by atoms with E-state index in [4.69, 9.17) is 5.11 Å². The van der Waals surface area contributed by atoms with E-state index in [-0.39, 0.29) is 0 Å². The largest absolute Gasteiger partial charge is 0.516 e. The molecule has 1 nitrogen and oxygen atoms in total. The summed E-state index contributed by atoms with van der Waals surface area (Å²) in [5, 5.41) is 8.34. The average molecular weight is 120 g/mol. The number of hydrogen-bond donors (Lipinski definition) is 1. The molecule has 0 aliphatic carbocycles. The number of hydrogen-bond acceptors (Lipinski definition) is 1. The summed E-state index contributed by atoms with van der Waals surface area (Å²) in [5.74, 6) is 0. The summed E-state index contributed by atoms with van der Waals surface area (Å²) < 4.78 is 0. The third-order valence-corrected chi connectivity index (χ3v) is 1.07. The van der Waals surface area contributed by atoms with E-state index in [0.29, 0.717) is 0 Å². The molecule has 0 radical (unpaired) electrons. The molecule has 0 aliphatic rings. The van der Waals surface area contributed by atoms with Crippen LogP contribution in [0.15, 0.2) is 36.6 Å². The van der Waals surface area contributed by atoms with Gasteiger partial charge in [0, 0.05) is 0 Å². The Hall–Kier alpha value is -1.24. The summed E-state index contributed by atoms with van der Waals surface area (Å²) in [4.78, 5) is 0. The molecule has 0 unspecified atom stereocenters. The maximum atomic E-state index is 8.34. The van der Waals surface area contributed by atoms with E-state index in [1.165, 1.54) is 0 Å². The van der Waals surface area contributed by atoms with Gasteiger partial charge in [-0.05, 0) is 11.6 Å². The highest BCUT2D eigenvalue weighted by Crippen LogP contribution is 1.98. The summed E-state index contributed by atoms with van der Waals surface area (Å²) in [6.45, 7) is 0. The zero-order valence-corrected chi connectivity index (χ0v) is 4.99. The molecule has 46 valence electrons. The second kappa shape index (κ2) is 2.92. The summed E-state index contributed by atoms with van der Waals surface area (Å²) in [6.07, 6.45) is 2.68. The molecule has 0 aliphatic heterocycles. The van der Waals surface area contributed by atoms with Crippen molar-refractivity contribution in [1.29, 1.82) is 0 Å². The first kappa shape index (κ1) is 5.89. The number of aliphatic hydroxyl groups excluding tert-OH is 1. The van der Waals surface area contributed by atoms with E-state index < -0.39 is 0 Å². The minimum atomic E-state index is 1.01. The van der Waals surface area contributed by atoms with Gasteiger partial charge in [-0.3, -0.25) is 0 Å². The molecule has 1 aromatic rings. The van der Waals surface area contributed by atoms with Crippen LogP contribution >= 0.6 is 0 Å². The lowest BCUT2D eigenvalue weighted by molar-refractivity contribution is 0.478. The van der Waals surface area contributed by atoms with Crippen LogP contribution in [0.2, 0.25) is 0 Å². The quantitative estimate of drug-likeness (QED) is 0.563. The molecule has 0 bridgehead atoms. The van der Waals surface area contributed by atoms with E-state index in [9.17, 15) is 0 Å². The van der Waals surface area contributed by atoms with Crippen molar-refractivity contribution >= 4 is 6.08 Å². The van der Waals surface area contributed by atoms with Gasteiger partial charge in [0.2, 0.25) is 0 Å². The van der Waals surface area contributed by atoms with Crippen LogP contribution < -0.4 is 0 Å². The monoisotopic (exact) mass is 120 g/mol. The zero-order valence-electron chi connectivity index (χ0n) is 4.99. The van der Waals surface area contributed by atoms with Gasteiger partial charge in [-0.15, -0.1) is 0 Å². The molecule has 0 heterocycles. The number of aliphatic hydroxyl groups is 1. The molecule has 9 heavy (non-hydrogen) atoms. The smallest absolute Gasteiger partial charge is 0.0797 e. The topological polar surface area (TPSA) is 20.2 Å². The molecule has 1 rings (SSSR count). The van der Waals surface area contributed by atoms with E-state index in [2.05, 4.69) is 0 Å². The molecular formula is C8H8O. The van der Waals surface area contributed by atoms with E-state index in [0.717, 1.165) is 11.8 Å². The first-order valence-electron chi connectivity index (χ1n) is 2.79. The molecule has 0 aromatic heterocycles. The van der Waals surface area contributed by atoms with Crippen molar-refractivity contribution in [3.05, 3.63) is 42.2 Å². The Kier molecular flexibility index (Phi) is 1.91. The van der Waals surface area contributed by atoms with Crippen molar-refractivity contribution in [3.8, 4) is 0 Å². The number of rotatable bonds is 1. The Morgan fingerprint density at radius 1 is 1.11 bits per heavy atom. The highest BCUT2D eigenvalue weighted by Gasteiger charge is 1.78. The molecular weight excluding hydrogens is 112 g/mol. The van der Waals surface area contributed by atoms with Crippen LogP contribution in [0.4, 0.5) is 0 Å².